The normalized spacial score (nSPS) is 13.4. The van der Waals surface area contributed by atoms with Gasteiger partial charge in [-0.25, -0.2) is 17.8 Å². The Hall–Kier alpha value is -0.730. The number of rotatable bonds is 3. The van der Waals surface area contributed by atoms with Crippen LogP contribution in [0, 0.1) is 6.92 Å². The SMILES string of the molecule is Cc1ccc([S@@](=O)c2ccc(S(N)(=O)=O)s2)c(Cl)c1. The summed E-state index contributed by atoms with van der Waals surface area (Å²) in [6.45, 7) is 1.88. The van der Waals surface area contributed by atoms with Gasteiger partial charge in [0.1, 0.15) is 4.21 Å². The quantitative estimate of drug-likeness (QED) is 0.936. The van der Waals surface area contributed by atoms with Crippen LogP contribution in [0.1, 0.15) is 5.56 Å². The molecule has 0 aliphatic carbocycles. The highest BCUT2D eigenvalue weighted by Gasteiger charge is 2.17. The average Bonchev–Trinajstić information content (AvgIpc) is 2.76. The lowest BCUT2D eigenvalue weighted by atomic mass is 10.2. The van der Waals surface area contributed by atoms with Crippen molar-refractivity contribution in [2.45, 2.75) is 20.2 Å². The van der Waals surface area contributed by atoms with Crippen LogP contribution in [0.5, 0.6) is 0 Å². The second-order valence-electron chi connectivity index (χ2n) is 3.82. The summed E-state index contributed by atoms with van der Waals surface area (Å²) in [5, 5.41) is 5.41. The third-order valence-electron chi connectivity index (χ3n) is 2.31. The maximum absolute atomic E-state index is 12.3. The van der Waals surface area contributed by atoms with Crippen molar-refractivity contribution < 1.29 is 12.6 Å². The van der Waals surface area contributed by atoms with Crippen LogP contribution in [0.25, 0.3) is 0 Å². The van der Waals surface area contributed by atoms with E-state index < -0.39 is 20.8 Å². The van der Waals surface area contributed by atoms with Crippen LogP contribution in [-0.4, -0.2) is 12.6 Å². The number of aryl methyl sites for hydroxylation is 1. The maximum atomic E-state index is 12.3. The minimum atomic E-state index is -3.76. The molecule has 1 aromatic heterocycles. The van der Waals surface area contributed by atoms with Crippen molar-refractivity contribution in [3.05, 3.63) is 40.9 Å². The molecule has 0 saturated carbocycles. The molecule has 4 nitrogen and oxygen atoms in total. The van der Waals surface area contributed by atoms with Gasteiger partial charge in [-0.05, 0) is 36.8 Å². The van der Waals surface area contributed by atoms with Crippen molar-refractivity contribution >= 4 is 43.8 Å². The molecule has 0 unspecified atom stereocenters. The van der Waals surface area contributed by atoms with Crippen molar-refractivity contribution in [1.29, 1.82) is 0 Å². The van der Waals surface area contributed by atoms with Crippen molar-refractivity contribution in [2.75, 3.05) is 0 Å². The van der Waals surface area contributed by atoms with Gasteiger partial charge in [0, 0.05) is 0 Å². The van der Waals surface area contributed by atoms with Gasteiger partial charge >= 0.3 is 0 Å². The third-order valence-corrected chi connectivity index (χ3v) is 7.01. The second-order valence-corrected chi connectivity index (χ2v) is 8.78. The van der Waals surface area contributed by atoms with Gasteiger partial charge in [0.2, 0.25) is 10.0 Å². The molecule has 2 aromatic rings. The van der Waals surface area contributed by atoms with Crippen LogP contribution in [0.3, 0.4) is 0 Å². The summed E-state index contributed by atoms with van der Waals surface area (Å²) in [4.78, 5) is 0.454. The Morgan fingerprint density at radius 1 is 1.26 bits per heavy atom. The fourth-order valence-electron chi connectivity index (χ4n) is 1.42. The van der Waals surface area contributed by atoms with Gasteiger partial charge in [-0.15, -0.1) is 11.3 Å². The molecule has 0 amide bonds. The van der Waals surface area contributed by atoms with Crippen LogP contribution in [0.15, 0.2) is 43.6 Å². The van der Waals surface area contributed by atoms with E-state index >= 15 is 0 Å². The number of sulfonamides is 1. The monoisotopic (exact) mass is 335 g/mol. The van der Waals surface area contributed by atoms with Crippen LogP contribution < -0.4 is 5.14 Å². The number of halogens is 1. The molecule has 102 valence electrons. The van der Waals surface area contributed by atoms with Crippen molar-refractivity contribution in [1.82, 2.24) is 0 Å². The zero-order chi connectivity index (χ0) is 14.2. The topological polar surface area (TPSA) is 77.2 Å². The number of nitrogens with two attached hydrogens (primary N) is 1. The molecule has 1 heterocycles. The molecule has 0 radical (unpaired) electrons. The summed E-state index contributed by atoms with van der Waals surface area (Å²) in [6, 6.07) is 8.01. The molecule has 1 aromatic carbocycles. The number of thiophene rings is 1. The number of primary sulfonamides is 1. The Morgan fingerprint density at radius 3 is 2.47 bits per heavy atom. The fraction of sp³-hybridized carbons (Fsp3) is 0.0909. The fourth-order valence-corrected chi connectivity index (χ4v) is 5.16. The zero-order valence-corrected chi connectivity index (χ0v) is 13.0. The molecule has 0 aliphatic rings. The Morgan fingerprint density at radius 2 is 1.95 bits per heavy atom. The average molecular weight is 336 g/mol. The van der Waals surface area contributed by atoms with Crippen LogP contribution >= 0.6 is 22.9 Å². The van der Waals surface area contributed by atoms with Gasteiger partial charge in [0.15, 0.2) is 0 Å². The molecule has 2 rings (SSSR count). The predicted octanol–water partition coefficient (Wildman–Crippen LogP) is 2.52. The maximum Gasteiger partial charge on any atom is 0.247 e. The highest BCUT2D eigenvalue weighted by atomic mass is 35.5. The van der Waals surface area contributed by atoms with E-state index in [0.717, 1.165) is 16.9 Å². The Labute approximate surface area is 122 Å². The Kier molecular flexibility index (Phi) is 4.12. The van der Waals surface area contributed by atoms with E-state index in [1.54, 1.807) is 18.2 Å². The predicted molar refractivity (Wildman–Crippen MR) is 76.6 cm³/mol. The van der Waals surface area contributed by atoms with Crippen molar-refractivity contribution in [3.63, 3.8) is 0 Å². The molecule has 1 atom stereocenters. The number of hydrogen-bond donors (Lipinski definition) is 1. The van der Waals surface area contributed by atoms with Crippen molar-refractivity contribution in [3.8, 4) is 0 Å². The lowest BCUT2D eigenvalue weighted by Crippen LogP contribution is -2.09. The summed E-state index contributed by atoms with van der Waals surface area (Å²) in [5.74, 6) is 0. The van der Waals surface area contributed by atoms with Gasteiger partial charge in [0.05, 0.1) is 24.9 Å². The second kappa shape index (κ2) is 5.34. The molecule has 19 heavy (non-hydrogen) atoms. The molecular weight excluding hydrogens is 326 g/mol. The summed E-state index contributed by atoms with van der Waals surface area (Å²) in [5.41, 5.74) is 0.960. The van der Waals surface area contributed by atoms with Crippen molar-refractivity contribution in [2.24, 2.45) is 5.14 Å². The first-order valence-corrected chi connectivity index (χ1v) is 8.98. The number of benzene rings is 1. The van der Waals surface area contributed by atoms with E-state index in [1.165, 1.54) is 12.1 Å². The number of hydrogen-bond acceptors (Lipinski definition) is 4. The molecule has 0 saturated heterocycles. The molecule has 0 bridgehead atoms. The Bertz CT molecular complexity index is 752. The molecular formula is C11H10ClNO3S3. The summed E-state index contributed by atoms with van der Waals surface area (Å²) < 4.78 is 35.1. The molecule has 0 aliphatic heterocycles. The smallest absolute Gasteiger partial charge is 0.247 e. The molecule has 2 N–H and O–H groups in total. The molecule has 8 heteroatoms. The van der Waals surface area contributed by atoms with E-state index in [-0.39, 0.29) is 4.21 Å². The van der Waals surface area contributed by atoms with Gasteiger partial charge in [-0.3, -0.25) is 0 Å². The summed E-state index contributed by atoms with van der Waals surface area (Å²) >= 11 is 6.92. The van der Waals surface area contributed by atoms with E-state index in [0.29, 0.717) is 14.1 Å². The Balaban J connectivity index is 2.42. The van der Waals surface area contributed by atoms with Crippen LogP contribution in [0.4, 0.5) is 0 Å². The van der Waals surface area contributed by atoms with Crippen LogP contribution in [-0.2, 0) is 20.8 Å². The molecule has 0 fully saturated rings. The summed E-state index contributed by atoms with van der Waals surface area (Å²) in [6.07, 6.45) is 0. The minimum absolute atomic E-state index is 0.0147. The van der Waals surface area contributed by atoms with E-state index in [1.807, 2.05) is 6.92 Å². The van der Waals surface area contributed by atoms with E-state index in [2.05, 4.69) is 0 Å². The highest BCUT2D eigenvalue weighted by molar-refractivity contribution is 7.92. The lowest BCUT2D eigenvalue weighted by molar-refractivity contribution is 0.600. The minimum Gasteiger partial charge on any atom is -0.248 e. The van der Waals surface area contributed by atoms with E-state index in [4.69, 9.17) is 16.7 Å². The largest absolute Gasteiger partial charge is 0.248 e. The van der Waals surface area contributed by atoms with Crippen LogP contribution in [0.2, 0.25) is 5.02 Å². The molecule has 0 spiro atoms. The lowest BCUT2D eigenvalue weighted by Gasteiger charge is -2.03. The zero-order valence-electron chi connectivity index (χ0n) is 9.79. The van der Waals surface area contributed by atoms with Gasteiger partial charge in [0.25, 0.3) is 0 Å². The van der Waals surface area contributed by atoms with Gasteiger partial charge < -0.3 is 0 Å². The first kappa shape index (κ1) is 14.7. The summed E-state index contributed by atoms with van der Waals surface area (Å²) in [7, 11) is -5.28. The van der Waals surface area contributed by atoms with Gasteiger partial charge in [-0.1, -0.05) is 17.7 Å². The highest BCUT2D eigenvalue weighted by Crippen LogP contribution is 2.30. The first-order valence-electron chi connectivity index (χ1n) is 5.09. The first-order chi connectivity index (χ1) is 8.79. The van der Waals surface area contributed by atoms with Gasteiger partial charge in [-0.2, -0.15) is 0 Å². The standard InChI is InChI=1S/C11H10ClNO3S3/c1-7-2-3-9(8(12)6-7)18(14)10-4-5-11(17-10)19(13,15)16/h2-6H,1H3,(H2,13,15,16)/t18-/m1/s1. The van der Waals surface area contributed by atoms with E-state index in [9.17, 15) is 12.6 Å². The third kappa shape index (κ3) is 3.24.